The van der Waals surface area contributed by atoms with E-state index in [9.17, 15) is 9.50 Å². The molecule has 0 aliphatic heterocycles. The second-order valence-corrected chi connectivity index (χ2v) is 4.71. The molecule has 0 radical (unpaired) electrons. The third-order valence-electron chi connectivity index (χ3n) is 2.22. The predicted octanol–water partition coefficient (Wildman–Crippen LogP) is 3.33. The standard InChI is InChI=1S/C12H12FNO2S/c1-7-6-16-12(14-7)17-11-4-3-9(13)5-10(11)8(2)15/h3-6,8,15H,1-2H3/t8-/m1/s1. The molecule has 1 N–H and O–H groups in total. The van der Waals surface area contributed by atoms with Gasteiger partial charge in [-0.15, -0.1) is 0 Å². The number of nitrogens with zero attached hydrogens (tertiary/aromatic N) is 1. The van der Waals surface area contributed by atoms with E-state index in [1.165, 1.54) is 23.9 Å². The highest BCUT2D eigenvalue weighted by atomic mass is 32.2. The van der Waals surface area contributed by atoms with E-state index in [2.05, 4.69) is 4.98 Å². The monoisotopic (exact) mass is 253 g/mol. The van der Waals surface area contributed by atoms with Crippen molar-refractivity contribution >= 4 is 11.8 Å². The Hall–Kier alpha value is -1.33. The Labute approximate surface area is 103 Å². The maximum atomic E-state index is 13.1. The van der Waals surface area contributed by atoms with Crippen molar-refractivity contribution < 1.29 is 13.9 Å². The zero-order valence-electron chi connectivity index (χ0n) is 9.48. The summed E-state index contributed by atoms with van der Waals surface area (Å²) >= 11 is 1.27. The van der Waals surface area contributed by atoms with E-state index in [4.69, 9.17) is 4.42 Å². The van der Waals surface area contributed by atoms with E-state index in [1.807, 2.05) is 6.92 Å². The van der Waals surface area contributed by atoms with Crippen LogP contribution < -0.4 is 0 Å². The van der Waals surface area contributed by atoms with Crippen LogP contribution in [0.2, 0.25) is 0 Å². The number of hydrogen-bond acceptors (Lipinski definition) is 4. The molecule has 0 bridgehead atoms. The van der Waals surface area contributed by atoms with E-state index in [-0.39, 0.29) is 5.82 Å². The van der Waals surface area contributed by atoms with Crippen LogP contribution in [0.25, 0.3) is 0 Å². The zero-order valence-corrected chi connectivity index (χ0v) is 10.3. The molecule has 1 aromatic carbocycles. The second-order valence-electron chi connectivity index (χ2n) is 3.71. The van der Waals surface area contributed by atoms with Crippen LogP contribution in [0.3, 0.4) is 0 Å². The van der Waals surface area contributed by atoms with E-state index in [0.717, 1.165) is 10.6 Å². The van der Waals surface area contributed by atoms with Gasteiger partial charge in [0.1, 0.15) is 12.1 Å². The molecule has 0 aliphatic carbocycles. The van der Waals surface area contributed by atoms with Crippen LogP contribution in [0, 0.1) is 12.7 Å². The highest BCUT2D eigenvalue weighted by molar-refractivity contribution is 7.99. The lowest BCUT2D eigenvalue weighted by molar-refractivity contribution is 0.196. The summed E-state index contributed by atoms with van der Waals surface area (Å²) in [5.74, 6) is -0.367. The fourth-order valence-corrected chi connectivity index (χ4v) is 2.37. The molecular weight excluding hydrogens is 241 g/mol. The van der Waals surface area contributed by atoms with Gasteiger partial charge in [0.25, 0.3) is 5.22 Å². The Morgan fingerprint density at radius 3 is 2.82 bits per heavy atom. The first-order valence-electron chi connectivity index (χ1n) is 5.14. The molecule has 0 saturated heterocycles. The quantitative estimate of drug-likeness (QED) is 0.911. The summed E-state index contributed by atoms with van der Waals surface area (Å²) in [5.41, 5.74) is 1.32. The third kappa shape index (κ3) is 2.87. The SMILES string of the molecule is Cc1coc(Sc2ccc(F)cc2[C@@H](C)O)n1. The largest absolute Gasteiger partial charge is 0.439 e. The minimum Gasteiger partial charge on any atom is -0.439 e. The number of oxazole rings is 1. The lowest BCUT2D eigenvalue weighted by atomic mass is 10.1. The number of benzene rings is 1. The number of rotatable bonds is 3. The van der Waals surface area contributed by atoms with Crippen molar-refractivity contribution in [3.63, 3.8) is 0 Å². The molecule has 90 valence electrons. The fraction of sp³-hybridized carbons (Fsp3) is 0.250. The van der Waals surface area contributed by atoms with Crippen LogP contribution in [0.1, 0.15) is 24.3 Å². The molecule has 0 aliphatic rings. The van der Waals surface area contributed by atoms with Gasteiger partial charge in [0.15, 0.2) is 0 Å². The maximum Gasteiger partial charge on any atom is 0.260 e. The average Bonchev–Trinajstić information content (AvgIpc) is 2.66. The summed E-state index contributed by atoms with van der Waals surface area (Å²) in [5, 5.41) is 10.1. The number of aliphatic hydroxyl groups excluding tert-OH is 1. The highest BCUT2D eigenvalue weighted by Gasteiger charge is 2.12. The van der Waals surface area contributed by atoms with Crippen molar-refractivity contribution in [3.8, 4) is 0 Å². The Kier molecular flexibility index (Phi) is 3.49. The molecule has 0 fully saturated rings. The van der Waals surface area contributed by atoms with Gasteiger partial charge in [-0.2, -0.15) is 0 Å². The summed E-state index contributed by atoms with van der Waals surface area (Å²) in [6.45, 7) is 3.42. The third-order valence-corrected chi connectivity index (χ3v) is 3.17. The van der Waals surface area contributed by atoms with E-state index in [0.29, 0.717) is 10.8 Å². The van der Waals surface area contributed by atoms with Crippen LogP contribution in [-0.4, -0.2) is 10.1 Å². The molecule has 0 spiro atoms. The fourth-order valence-electron chi connectivity index (χ4n) is 1.41. The van der Waals surface area contributed by atoms with Crippen molar-refractivity contribution in [2.45, 2.75) is 30.1 Å². The van der Waals surface area contributed by atoms with E-state index < -0.39 is 6.10 Å². The molecule has 1 heterocycles. The van der Waals surface area contributed by atoms with Crippen molar-refractivity contribution in [1.29, 1.82) is 0 Å². The minimum atomic E-state index is -0.732. The number of hydrogen-bond donors (Lipinski definition) is 1. The summed E-state index contributed by atoms with van der Waals surface area (Å²) in [4.78, 5) is 4.89. The van der Waals surface area contributed by atoms with Gasteiger partial charge in [-0.05, 0) is 49.4 Å². The van der Waals surface area contributed by atoms with Crippen molar-refractivity contribution in [2.75, 3.05) is 0 Å². The van der Waals surface area contributed by atoms with Crippen molar-refractivity contribution in [2.24, 2.45) is 0 Å². The summed E-state index contributed by atoms with van der Waals surface area (Å²) < 4.78 is 18.3. The van der Waals surface area contributed by atoms with E-state index >= 15 is 0 Å². The predicted molar refractivity (Wildman–Crippen MR) is 62.4 cm³/mol. The van der Waals surface area contributed by atoms with Gasteiger partial charge in [-0.3, -0.25) is 0 Å². The number of aliphatic hydroxyl groups is 1. The Balaban J connectivity index is 2.32. The Morgan fingerprint density at radius 2 is 2.24 bits per heavy atom. The van der Waals surface area contributed by atoms with Gasteiger partial charge < -0.3 is 9.52 Å². The highest BCUT2D eigenvalue weighted by Crippen LogP contribution is 2.33. The van der Waals surface area contributed by atoms with Gasteiger partial charge in [0.05, 0.1) is 11.8 Å². The van der Waals surface area contributed by atoms with E-state index in [1.54, 1.807) is 19.3 Å². The average molecular weight is 253 g/mol. The summed E-state index contributed by atoms with van der Waals surface area (Å²) in [7, 11) is 0. The van der Waals surface area contributed by atoms with Crippen LogP contribution in [0.15, 0.2) is 39.0 Å². The summed E-state index contributed by atoms with van der Waals surface area (Å²) in [6.07, 6.45) is 0.817. The zero-order chi connectivity index (χ0) is 12.4. The smallest absolute Gasteiger partial charge is 0.260 e. The van der Waals surface area contributed by atoms with Crippen LogP contribution in [0.4, 0.5) is 4.39 Å². The molecule has 1 aromatic heterocycles. The lowest BCUT2D eigenvalue weighted by Gasteiger charge is -2.09. The first kappa shape index (κ1) is 12.1. The first-order valence-corrected chi connectivity index (χ1v) is 5.95. The summed E-state index contributed by atoms with van der Waals surface area (Å²) in [6, 6.07) is 4.29. The molecule has 17 heavy (non-hydrogen) atoms. The number of aryl methyl sites for hydroxylation is 1. The first-order chi connectivity index (χ1) is 8.06. The van der Waals surface area contributed by atoms with Crippen LogP contribution in [0.5, 0.6) is 0 Å². The van der Waals surface area contributed by atoms with Crippen LogP contribution in [-0.2, 0) is 0 Å². The number of aromatic nitrogens is 1. The molecule has 2 aromatic rings. The molecule has 0 saturated carbocycles. The van der Waals surface area contributed by atoms with Crippen molar-refractivity contribution in [3.05, 3.63) is 41.5 Å². The molecule has 2 rings (SSSR count). The Bertz CT molecular complexity index is 525. The van der Waals surface area contributed by atoms with Gasteiger partial charge in [0.2, 0.25) is 0 Å². The Morgan fingerprint density at radius 1 is 1.47 bits per heavy atom. The van der Waals surface area contributed by atoms with Gasteiger partial charge in [-0.1, -0.05) is 0 Å². The molecule has 1 atom stereocenters. The second kappa shape index (κ2) is 4.89. The van der Waals surface area contributed by atoms with Gasteiger partial charge in [-0.25, -0.2) is 9.37 Å². The van der Waals surface area contributed by atoms with Crippen LogP contribution >= 0.6 is 11.8 Å². The van der Waals surface area contributed by atoms with Crippen molar-refractivity contribution in [1.82, 2.24) is 4.98 Å². The van der Waals surface area contributed by atoms with Gasteiger partial charge >= 0.3 is 0 Å². The topological polar surface area (TPSA) is 46.3 Å². The molecule has 3 nitrogen and oxygen atoms in total. The number of halogens is 1. The normalized spacial score (nSPS) is 12.7. The minimum absolute atomic E-state index is 0.367. The molecule has 5 heteroatoms. The van der Waals surface area contributed by atoms with Gasteiger partial charge in [0, 0.05) is 4.90 Å². The molecular formula is C12H12FNO2S. The lowest BCUT2D eigenvalue weighted by Crippen LogP contribution is -1.95. The molecule has 0 unspecified atom stereocenters. The maximum absolute atomic E-state index is 13.1. The molecule has 0 amide bonds.